The molecule has 0 bridgehead atoms. The molecule has 0 fully saturated rings. The Morgan fingerprint density at radius 3 is 2.92 bits per heavy atom. The summed E-state index contributed by atoms with van der Waals surface area (Å²) in [5.74, 6) is 1.24. The van der Waals surface area contributed by atoms with Crippen LogP contribution in [-0.2, 0) is 24.7 Å². The minimum atomic E-state index is -0.168. The van der Waals surface area contributed by atoms with Crippen LogP contribution in [0.4, 0.5) is 0 Å². The molecule has 0 saturated carbocycles. The van der Waals surface area contributed by atoms with Crippen molar-refractivity contribution in [2.45, 2.75) is 19.8 Å². The number of carbonyl (C=O) groups is 1. The zero-order valence-electron chi connectivity index (χ0n) is 14.1. The predicted molar refractivity (Wildman–Crippen MR) is 97.0 cm³/mol. The van der Waals surface area contributed by atoms with Gasteiger partial charge in [-0.15, -0.1) is 0 Å². The third kappa shape index (κ3) is 2.93. The molecular formula is C19H18N2O3S. The highest BCUT2D eigenvalue weighted by Crippen LogP contribution is 2.32. The van der Waals surface area contributed by atoms with Gasteiger partial charge in [-0.25, -0.2) is 0 Å². The molecule has 1 aliphatic heterocycles. The first kappa shape index (κ1) is 15.9. The lowest BCUT2D eigenvalue weighted by molar-refractivity contribution is -0.117. The van der Waals surface area contributed by atoms with Crippen molar-refractivity contribution in [1.29, 1.82) is 0 Å². The normalized spacial score (nSPS) is 13.6. The number of rotatable bonds is 3. The van der Waals surface area contributed by atoms with Crippen LogP contribution >= 0.6 is 11.3 Å². The van der Waals surface area contributed by atoms with Crippen molar-refractivity contribution in [2.24, 2.45) is 12.0 Å². The van der Waals surface area contributed by atoms with Crippen molar-refractivity contribution < 1.29 is 14.3 Å². The van der Waals surface area contributed by atoms with E-state index in [0.717, 1.165) is 32.8 Å². The first-order chi connectivity index (χ1) is 12.2. The Hall–Kier alpha value is -2.60. The number of carbonyl (C=O) groups excluding carboxylic acids is 1. The summed E-state index contributed by atoms with van der Waals surface area (Å²) in [5, 5.41) is 0. The maximum atomic E-state index is 12.4. The summed E-state index contributed by atoms with van der Waals surface area (Å²) in [5.41, 5.74) is 3.29. The number of amides is 1. The molecule has 0 atom stereocenters. The van der Waals surface area contributed by atoms with E-state index >= 15 is 0 Å². The number of fused-ring (bicyclic) bond motifs is 2. The maximum Gasteiger partial charge on any atom is 0.252 e. The molecule has 0 spiro atoms. The van der Waals surface area contributed by atoms with Crippen molar-refractivity contribution in [3.8, 4) is 11.5 Å². The molecule has 6 heteroatoms. The van der Waals surface area contributed by atoms with E-state index in [2.05, 4.69) is 30.1 Å². The second-order valence-corrected chi connectivity index (χ2v) is 6.94. The van der Waals surface area contributed by atoms with Crippen LogP contribution in [0.2, 0.25) is 0 Å². The zero-order valence-corrected chi connectivity index (χ0v) is 14.9. The van der Waals surface area contributed by atoms with Crippen LogP contribution < -0.4 is 14.3 Å². The maximum absolute atomic E-state index is 12.4. The van der Waals surface area contributed by atoms with E-state index in [9.17, 15) is 4.79 Å². The van der Waals surface area contributed by atoms with Crippen LogP contribution in [0.25, 0.3) is 10.2 Å². The molecule has 2 aromatic carbocycles. The number of para-hydroxylation sites is 1. The van der Waals surface area contributed by atoms with Gasteiger partial charge in [0.1, 0.15) is 0 Å². The smallest absolute Gasteiger partial charge is 0.252 e. The van der Waals surface area contributed by atoms with Crippen molar-refractivity contribution in [1.82, 2.24) is 4.57 Å². The van der Waals surface area contributed by atoms with Gasteiger partial charge < -0.3 is 14.0 Å². The fourth-order valence-electron chi connectivity index (χ4n) is 3.05. The Balaban J connectivity index is 1.65. The quantitative estimate of drug-likeness (QED) is 0.726. The molecule has 1 amide bonds. The Labute approximate surface area is 149 Å². The van der Waals surface area contributed by atoms with Crippen LogP contribution in [-0.4, -0.2) is 17.3 Å². The third-order valence-electron chi connectivity index (χ3n) is 4.30. The van der Waals surface area contributed by atoms with Crippen LogP contribution in [0.5, 0.6) is 11.5 Å². The second-order valence-electron chi connectivity index (χ2n) is 5.93. The molecule has 2 heterocycles. The predicted octanol–water partition coefficient (Wildman–Crippen LogP) is 3.20. The summed E-state index contributed by atoms with van der Waals surface area (Å²) in [6.45, 7) is 2.36. The van der Waals surface area contributed by atoms with E-state index < -0.39 is 0 Å². The molecule has 0 unspecified atom stereocenters. The number of hydrogen-bond donors (Lipinski definition) is 0. The summed E-state index contributed by atoms with van der Waals surface area (Å²) >= 11 is 1.54. The van der Waals surface area contributed by atoms with E-state index in [-0.39, 0.29) is 19.1 Å². The van der Waals surface area contributed by atoms with Gasteiger partial charge in [-0.3, -0.25) is 4.79 Å². The number of aryl methyl sites for hydroxylation is 2. The summed E-state index contributed by atoms with van der Waals surface area (Å²) < 4.78 is 13.8. The number of hydrogen-bond acceptors (Lipinski definition) is 4. The molecule has 0 saturated heterocycles. The van der Waals surface area contributed by atoms with Crippen LogP contribution in [0.1, 0.15) is 18.1 Å². The Bertz CT molecular complexity index is 1030. The molecule has 1 aromatic heterocycles. The average molecular weight is 354 g/mol. The van der Waals surface area contributed by atoms with Crippen LogP contribution in [0, 0.1) is 0 Å². The van der Waals surface area contributed by atoms with Crippen molar-refractivity contribution in [3.05, 3.63) is 52.3 Å². The lowest BCUT2D eigenvalue weighted by Gasteiger charge is -2.02. The number of nitrogens with zero attached hydrogens (tertiary/aromatic N) is 2. The van der Waals surface area contributed by atoms with Gasteiger partial charge in [-0.2, -0.15) is 4.99 Å². The Kier molecular flexibility index (Phi) is 4.05. The Morgan fingerprint density at radius 1 is 1.24 bits per heavy atom. The standard InChI is InChI=1S/C19H18N2O3S/c1-3-13-5-4-6-16-18(13)21(2)19(25-16)20-17(22)10-12-7-8-14-15(9-12)24-11-23-14/h4-9H,3,10-11H2,1-2H3. The molecule has 5 nitrogen and oxygen atoms in total. The average Bonchev–Trinajstić information content (AvgIpc) is 3.19. The third-order valence-corrected chi connectivity index (χ3v) is 5.40. The molecule has 4 rings (SSSR count). The van der Waals surface area contributed by atoms with E-state index in [0.29, 0.717) is 5.75 Å². The lowest BCUT2D eigenvalue weighted by atomic mass is 10.1. The highest BCUT2D eigenvalue weighted by atomic mass is 32.1. The summed E-state index contributed by atoms with van der Waals surface area (Å²) in [6.07, 6.45) is 1.19. The molecule has 128 valence electrons. The van der Waals surface area contributed by atoms with Crippen LogP contribution in [0.3, 0.4) is 0 Å². The zero-order chi connectivity index (χ0) is 17.4. The fraction of sp³-hybridized carbons (Fsp3) is 0.263. The Morgan fingerprint density at radius 2 is 2.08 bits per heavy atom. The molecule has 1 aliphatic rings. The summed E-state index contributed by atoms with van der Waals surface area (Å²) in [7, 11) is 1.96. The molecule has 0 radical (unpaired) electrons. The highest BCUT2D eigenvalue weighted by molar-refractivity contribution is 7.16. The van der Waals surface area contributed by atoms with Crippen LogP contribution in [0.15, 0.2) is 41.4 Å². The van der Waals surface area contributed by atoms with Gasteiger partial charge in [-0.1, -0.05) is 36.5 Å². The number of benzene rings is 2. The molecular weight excluding hydrogens is 336 g/mol. The van der Waals surface area contributed by atoms with Gasteiger partial charge in [-0.05, 0) is 35.7 Å². The minimum absolute atomic E-state index is 0.168. The lowest BCUT2D eigenvalue weighted by Crippen LogP contribution is -2.14. The largest absolute Gasteiger partial charge is 0.454 e. The van der Waals surface area contributed by atoms with Gasteiger partial charge >= 0.3 is 0 Å². The van der Waals surface area contributed by atoms with Gasteiger partial charge in [0.15, 0.2) is 16.3 Å². The van der Waals surface area contributed by atoms with E-state index in [1.54, 1.807) is 11.3 Å². The minimum Gasteiger partial charge on any atom is -0.454 e. The van der Waals surface area contributed by atoms with Gasteiger partial charge in [0.05, 0.1) is 16.6 Å². The van der Waals surface area contributed by atoms with Crippen molar-refractivity contribution in [3.63, 3.8) is 0 Å². The SMILES string of the molecule is CCc1cccc2sc(=NC(=O)Cc3ccc4c(c3)OCO4)n(C)c12. The molecule has 3 aromatic rings. The highest BCUT2D eigenvalue weighted by Gasteiger charge is 2.14. The fourth-order valence-corrected chi connectivity index (χ4v) is 4.13. The van der Waals surface area contributed by atoms with Gasteiger partial charge in [0, 0.05) is 7.05 Å². The second kappa shape index (κ2) is 6.37. The van der Waals surface area contributed by atoms with E-state index in [1.807, 2.05) is 29.8 Å². The van der Waals surface area contributed by atoms with Crippen molar-refractivity contribution in [2.75, 3.05) is 6.79 Å². The topological polar surface area (TPSA) is 52.8 Å². The first-order valence-electron chi connectivity index (χ1n) is 8.19. The summed E-state index contributed by atoms with van der Waals surface area (Å²) in [6, 6.07) is 11.8. The first-order valence-corrected chi connectivity index (χ1v) is 9.01. The number of thiazole rings is 1. The summed E-state index contributed by atoms with van der Waals surface area (Å²) in [4.78, 5) is 17.5. The van der Waals surface area contributed by atoms with E-state index in [1.165, 1.54) is 5.56 Å². The molecule has 0 N–H and O–H groups in total. The van der Waals surface area contributed by atoms with Crippen molar-refractivity contribution >= 4 is 27.5 Å². The van der Waals surface area contributed by atoms with E-state index in [4.69, 9.17) is 9.47 Å². The number of ether oxygens (including phenoxy) is 2. The monoisotopic (exact) mass is 354 g/mol. The van der Waals surface area contributed by atoms with Gasteiger partial charge in [0.25, 0.3) is 5.91 Å². The van der Waals surface area contributed by atoms with Gasteiger partial charge in [0.2, 0.25) is 6.79 Å². The number of aromatic nitrogens is 1. The molecule has 25 heavy (non-hydrogen) atoms. The molecule has 0 aliphatic carbocycles.